The molecule has 0 atom stereocenters. The standard InChI is InChI=1S/C18H24N2O4/c1-19-16(21)12-13-8-10-20(11-9-13)17(22)7-6-14-4-2-3-5-15(14)18(23)24/h2-5,13H,6-12H2,1H3,(H,19,21)(H,23,24). The van der Waals surface area contributed by atoms with Crippen molar-refractivity contribution < 1.29 is 19.5 Å². The fourth-order valence-electron chi connectivity index (χ4n) is 3.10. The average molecular weight is 332 g/mol. The predicted molar refractivity (Wildman–Crippen MR) is 89.7 cm³/mol. The predicted octanol–water partition coefficient (Wildman–Crippen LogP) is 1.69. The summed E-state index contributed by atoms with van der Waals surface area (Å²) in [6.45, 7) is 1.34. The van der Waals surface area contributed by atoms with Crippen molar-refractivity contribution >= 4 is 17.8 Å². The molecule has 24 heavy (non-hydrogen) atoms. The van der Waals surface area contributed by atoms with E-state index >= 15 is 0 Å². The summed E-state index contributed by atoms with van der Waals surface area (Å²) in [5.41, 5.74) is 0.947. The second-order valence-electron chi connectivity index (χ2n) is 6.16. The van der Waals surface area contributed by atoms with Crippen molar-refractivity contribution in [3.05, 3.63) is 35.4 Å². The van der Waals surface area contributed by atoms with Gasteiger partial charge in [-0.25, -0.2) is 4.79 Å². The Labute approximate surface area is 141 Å². The van der Waals surface area contributed by atoms with Crippen molar-refractivity contribution in [2.24, 2.45) is 5.92 Å². The van der Waals surface area contributed by atoms with Crippen molar-refractivity contribution in [1.82, 2.24) is 10.2 Å². The molecule has 2 N–H and O–H groups in total. The molecular weight excluding hydrogens is 308 g/mol. The maximum Gasteiger partial charge on any atom is 0.335 e. The number of carboxylic acids is 1. The summed E-state index contributed by atoms with van der Waals surface area (Å²) in [6, 6.07) is 6.79. The van der Waals surface area contributed by atoms with Gasteiger partial charge in [0.05, 0.1) is 5.56 Å². The first kappa shape index (κ1) is 18.0. The summed E-state index contributed by atoms with van der Waals surface area (Å²) in [5.74, 6) is -0.534. The molecule has 6 nitrogen and oxygen atoms in total. The van der Waals surface area contributed by atoms with Crippen LogP contribution in [0.15, 0.2) is 24.3 Å². The third-order valence-corrected chi connectivity index (χ3v) is 4.58. The minimum atomic E-state index is -0.965. The number of carbonyl (C=O) groups excluding carboxylic acids is 2. The molecule has 0 aromatic heterocycles. The maximum absolute atomic E-state index is 12.3. The van der Waals surface area contributed by atoms with Crippen LogP contribution in [0.3, 0.4) is 0 Å². The Morgan fingerprint density at radius 3 is 2.50 bits per heavy atom. The van der Waals surface area contributed by atoms with Crippen molar-refractivity contribution in [3.8, 4) is 0 Å². The zero-order valence-corrected chi connectivity index (χ0v) is 14.0. The lowest BCUT2D eigenvalue weighted by molar-refractivity contribution is -0.132. The van der Waals surface area contributed by atoms with Crippen LogP contribution in [0.5, 0.6) is 0 Å². The number of rotatable bonds is 6. The van der Waals surface area contributed by atoms with Crippen LogP contribution in [0.4, 0.5) is 0 Å². The summed E-state index contributed by atoms with van der Waals surface area (Å²) in [5, 5.41) is 11.8. The molecular formula is C18H24N2O4. The Morgan fingerprint density at radius 1 is 1.21 bits per heavy atom. The van der Waals surface area contributed by atoms with Crippen molar-refractivity contribution in [1.29, 1.82) is 0 Å². The third kappa shape index (κ3) is 4.81. The van der Waals surface area contributed by atoms with E-state index in [0.29, 0.717) is 43.8 Å². The molecule has 130 valence electrons. The topological polar surface area (TPSA) is 86.7 Å². The van der Waals surface area contributed by atoms with Gasteiger partial charge in [0.1, 0.15) is 0 Å². The normalized spacial score (nSPS) is 15.1. The van der Waals surface area contributed by atoms with Crippen LogP contribution in [0, 0.1) is 5.92 Å². The molecule has 0 unspecified atom stereocenters. The van der Waals surface area contributed by atoms with E-state index in [1.807, 2.05) is 4.90 Å². The molecule has 6 heteroatoms. The van der Waals surface area contributed by atoms with Crippen molar-refractivity contribution in [2.75, 3.05) is 20.1 Å². The molecule has 2 rings (SSSR count). The highest BCUT2D eigenvalue weighted by atomic mass is 16.4. The van der Waals surface area contributed by atoms with Gasteiger partial charge in [0.25, 0.3) is 0 Å². The van der Waals surface area contributed by atoms with Gasteiger partial charge in [-0.3, -0.25) is 9.59 Å². The molecule has 0 spiro atoms. The lowest BCUT2D eigenvalue weighted by atomic mass is 9.93. The van der Waals surface area contributed by atoms with Gasteiger partial charge in [-0.2, -0.15) is 0 Å². The lowest BCUT2D eigenvalue weighted by Gasteiger charge is -2.31. The monoisotopic (exact) mass is 332 g/mol. The molecule has 0 bridgehead atoms. The SMILES string of the molecule is CNC(=O)CC1CCN(C(=O)CCc2ccccc2C(=O)O)CC1. The average Bonchev–Trinajstić information content (AvgIpc) is 2.60. The number of hydrogen-bond donors (Lipinski definition) is 2. The third-order valence-electron chi connectivity index (χ3n) is 4.58. The second kappa shape index (κ2) is 8.47. The molecule has 1 heterocycles. The Bertz CT molecular complexity index is 607. The lowest BCUT2D eigenvalue weighted by Crippen LogP contribution is -2.39. The van der Waals surface area contributed by atoms with Gasteiger partial charge in [-0.15, -0.1) is 0 Å². The number of hydrogen-bond acceptors (Lipinski definition) is 3. The number of carboxylic acid groups (broad SMARTS) is 1. The number of likely N-dealkylation sites (tertiary alicyclic amines) is 1. The van der Waals surface area contributed by atoms with Gasteiger partial charge in [-0.05, 0) is 36.8 Å². The first-order valence-corrected chi connectivity index (χ1v) is 8.30. The maximum atomic E-state index is 12.3. The van der Waals surface area contributed by atoms with Gasteiger partial charge in [0, 0.05) is 33.0 Å². The Hall–Kier alpha value is -2.37. The number of benzene rings is 1. The number of piperidine rings is 1. The summed E-state index contributed by atoms with van der Waals surface area (Å²) in [6.07, 6.45) is 2.93. The van der Waals surface area contributed by atoms with E-state index in [1.54, 1.807) is 31.3 Å². The largest absolute Gasteiger partial charge is 0.478 e. The van der Waals surface area contributed by atoms with E-state index in [-0.39, 0.29) is 17.4 Å². The Morgan fingerprint density at radius 2 is 1.88 bits per heavy atom. The fourth-order valence-corrected chi connectivity index (χ4v) is 3.10. The van der Waals surface area contributed by atoms with Gasteiger partial charge in [0.2, 0.25) is 11.8 Å². The van der Waals surface area contributed by atoms with E-state index in [1.165, 1.54) is 0 Å². The molecule has 1 saturated heterocycles. The van der Waals surface area contributed by atoms with Gasteiger partial charge in [0.15, 0.2) is 0 Å². The van der Waals surface area contributed by atoms with Crippen LogP contribution >= 0.6 is 0 Å². The van der Waals surface area contributed by atoms with Gasteiger partial charge in [-0.1, -0.05) is 18.2 Å². The van der Waals surface area contributed by atoms with Crippen molar-refractivity contribution in [2.45, 2.75) is 32.1 Å². The highest BCUT2D eigenvalue weighted by Crippen LogP contribution is 2.21. The van der Waals surface area contributed by atoms with Crippen LogP contribution in [0.1, 0.15) is 41.6 Å². The molecule has 1 aliphatic rings. The van der Waals surface area contributed by atoms with Crippen LogP contribution in [-0.4, -0.2) is 47.9 Å². The summed E-state index contributed by atoms with van der Waals surface area (Å²) >= 11 is 0. The highest BCUT2D eigenvalue weighted by molar-refractivity contribution is 5.89. The Balaban J connectivity index is 1.82. The Kier molecular flexibility index (Phi) is 6.35. The van der Waals surface area contributed by atoms with Crippen LogP contribution in [-0.2, 0) is 16.0 Å². The molecule has 0 aliphatic carbocycles. The van der Waals surface area contributed by atoms with E-state index in [2.05, 4.69) is 5.32 Å². The molecule has 0 saturated carbocycles. The molecule has 1 aromatic carbocycles. The molecule has 1 fully saturated rings. The number of aromatic carboxylic acids is 1. The zero-order valence-electron chi connectivity index (χ0n) is 14.0. The van der Waals surface area contributed by atoms with E-state index in [0.717, 1.165) is 12.8 Å². The smallest absolute Gasteiger partial charge is 0.335 e. The fraction of sp³-hybridized carbons (Fsp3) is 0.500. The molecule has 1 aromatic rings. The van der Waals surface area contributed by atoms with Crippen molar-refractivity contribution in [3.63, 3.8) is 0 Å². The number of amides is 2. The van der Waals surface area contributed by atoms with E-state index in [4.69, 9.17) is 0 Å². The van der Waals surface area contributed by atoms with Crippen LogP contribution in [0.2, 0.25) is 0 Å². The highest BCUT2D eigenvalue weighted by Gasteiger charge is 2.24. The minimum absolute atomic E-state index is 0.0463. The summed E-state index contributed by atoms with van der Waals surface area (Å²) in [7, 11) is 1.63. The number of nitrogens with zero attached hydrogens (tertiary/aromatic N) is 1. The van der Waals surface area contributed by atoms with Crippen LogP contribution < -0.4 is 5.32 Å². The summed E-state index contributed by atoms with van der Waals surface area (Å²) in [4.78, 5) is 36.8. The van der Waals surface area contributed by atoms with E-state index < -0.39 is 5.97 Å². The van der Waals surface area contributed by atoms with Gasteiger partial charge >= 0.3 is 5.97 Å². The number of aryl methyl sites for hydroxylation is 1. The first-order valence-electron chi connectivity index (χ1n) is 8.30. The van der Waals surface area contributed by atoms with Gasteiger partial charge < -0.3 is 15.3 Å². The minimum Gasteiger partial charge on any atom is -0.478 e. The molecule has 1 aliphatic heterocycles. The quantitative estimate of drug-likeness (QED) is 0.830. The summed E-state index contributed by atoms with van der Waals surface area (Å²) < 4.78 is 0. The number of nitrogens with one attached hydrogen (secondary N) is 1. The number of carbonyl (C=O) groups is 3. The van der Waals surface area contributed by atoms with Crippen LogP contribution in [0.25, 0.3) is 0 Å². The first-order chi connectivity index (χ1) is 11.5. The zero-order chi connectivity index (χ0) is 17.5. The molecule has 2 amide bonds. The van der Waals surface area contributed by atoms with E-state index in [9.17, 15) is 19.5 Å². The molecule has 0 radical (unpaired) electrons. The second-order valence-corrected chi connectivity index (χ2v) is 6.16.